The smallest absolute Gasteiger partial charge is 0.282 e. The van der Waals surface area contributed by atoms with Crippen molar-refractivity contribution in [3.05, 3.63) is 39.9 Å². The van der Waals surface area contributed by atoms with E-state index in [2.05, 4.69) is 18.7 Å². The Morgan fingerprint density at radius 2 is 1.86 bits per heavy atom. The Labute approximate surface area is 124 Å². The maximum atomic E-state index is 12.5. The van der Waals surface area contributed by atoms with Crippen molar-refractivity contribution in [1.82, 2.24) is 9.80 Å². The summed E-state index contributed by atoms with van der Waals surface area (Å²) in [6, 6.07) is 6.15. The number of amides is 1. The van der Waals surface area contributed by atoms with Gasteiger partial charge in [0.2, 0.25) is 0 Å². The first-order valence-electron chi connectivity index (χ1n) is 7.24. The molecular weight excluding hydrogens is 270 g/mol. The number of hydrogen-bond acceptors (Lipinski definition) is 4. The topological polar surface area (TPSA) is 66.7 Å². The maximum absolute atomic E-state index is 12.5. The maximum Gasteiger partial charge on any atom is 0.282 e. The van der Waals surface area contributed by atoms with Crippen LogP contribution in [0.3, 0.4) is 0 Å². The van der Waals surface area contributed by atoms with Crippen molar-refractivity contribution in [3.63, 3.8) is 0 Å². The number of nitrogens with zero attached hydrogens (tertiary/aromatic N) is 3. The van der Waals surface area contributed by atoms with Crippen molar-refractivity contribution in [2.75, 3.05) is 32.7 Å². The number of nitro groups is 1. The van der Waals surface area contributed by atoms with Gasteiger partial charge < -0.3 is 4.90 Å². The lowest BCUT2D eigenvalue weighted by Crippen LogP contribution is -2.49. The number of rotatable bonds is 4. The van der Waals surface area contributed by atoms with Gasteiger partial charge in [0.15, 0.2) is 0 Å². The van der Waals surface area contributed by atoms with Crippen molar-refractivity contribution >= 4 is 11.6 Å². The van der Waals surface area contributed by atoms with Gasteiger partial charge in [-0.15, -0.1) is 0 Å². The monoisotopic (exact) mass is 291 g/mol. The number of nitro benzene ring substituents is 1. The first-order valence-corrected chi connectivity index (χ1v) is 7.24. The molecule has 0 bridgehead atoms. The van der Waals surface area contributed by atoms with Crippen LogP contribution in [-0.4, -0.2) is 53.4 Å². The van der Waals surface area contributed by atoms with Crippen LogP contribution in [0.1, 0.15) is 24.2 Å². The van der Waals surface area contributed by atoms with E-state index < -0.39 is 4.92 Å². The molecule has 6 heteroatoms. The minimum Gasteiger partial charge on any atom is -0.336 e. The molecule has 1 saturated heterocycles. The second-order valence-electron chi connectivity index (χ2n) is 5.76. The fraction of sp³-hybridized carbons (Fsp3) is 0.533. The van der Waals surface area contributed by atoms with Gasteiger partial charge >= 0.3 is 0 Å². The predicted molar refractivity (Wildman–Crippen MR) is 80.3 cm³/mol. The number of carbonyl (C=O) groups excluding carboxylic acids is 1. The number of piperazine rings is 1. The molecule has 0 atom stereocenters. The quantitative estimate of drug-likeness (QED) is 0.628. The first kappa shape index (κ1) is 15.4. The Bertz CT molecular complexity index is 523. The summed E-state index contributed by atoms with van der Waals surface area (Å²) in [6.07, 6.45) is 0. The number of para-hydroxylation sites is 1. The molecule has 0 N–H and O–H groups in total. The molecule has 0 unspecified atom stereocenters. The van der Waals surface area contributed by atoms with Gasteiger partial charge in [-0.25, -0.2) is 0 Å². The van der Waals surface area contributed by atoms with Crippen molar-refractivity contribution in [1.29, 1.82) is 0 Å². The minimum absolute atomic E-state index is 0.118. The molecule has 0 radical (unpaired) electrons. The van der Waals surface area contributed by atoms with E-state index >= 15 is 0 Å². The molecule has 1 amide bonds. The van der Waals surface area contributed by atoms with Gasteiger partial charge in [-0.1, -0.05) is 26.0 Å². The van der Waals surface area contributed by atoms with Crippen LogP contribution in [0.4, 0.5) is 5.69 Å². The molecule has 0 aliphatic carbocycles. The average molecular weight is 291 g/mol. The van der Waals surface area contributed by atoms with E-state index in [-0.39, 0.29) is 17.2 Å². The summed E-state index contributed by atoms with van der Waals surface area (Å²) >= 11 is 0. The summed E-state index contributed by atoms with van der Waals surface area (Å²) in [5.74, 6) is 0.356. The Morgan fingerprint density at radius 1 is 1.24 bits per heavy atom. The van der Waals surface area contributed by atoms with Gasteiger partial charge in [0.05, 0.1) is 4.92 Å². The molecule has 1 aliphatic heterocycles. The normalized spacial score (nSPS) is 16.2. The minimum atomic E-state index is -0.498. The molecular formula is C15H21N3O3. The van der Waals surface area contributed by atoms with Crippen LogP contribution in [0.25, 0.3) is 0 Å². The summed E-state index contributed by atoms with van der Waals surface area (Å²) in [5, 5.41) is 11.0. The Balaban J connectivity index is 2.04. The molecule has 1 aromatic carbocycles. The van der Waals surface area contributed by atoms with E-state index in [9.17, 15) is 14.9 Å². The second-order valence-corrected chi connectivity index (χ2v) is 5.76. The summed E-state index contributed by atoms with van der Waals surface area (Å²) < 4.78 is 0. The van der Waals surface area contributed by atoms with Gasteiger partial charge in [0, 0.05) is 38.8 Å². The Kier molecular flexibility index (Phi) is 4.90. The molecule has 0 aromatic heterocycles. The molecule has 21 heavy (non-hydrogen) atoms. The van der Waals surface area contributed by atoms with Gasteiger partial charge in [-0.05, 0) is 12.0 Å². The van der Waals surface area contributed by atoms with E-state index in [0.717, 1.165) is 19.6 Å². The zero-order valence-electron chi connectivity index (χ0n) is 12.5. The molecule has 1 aliphatic rings. The zero-order valence-corrected chi connectivity index (χ0v) is 12.5. The lowest BCUT2D eigenvalue weighted by molar-refractivity contribution is -0.385. The van der Waals surface area contributed by atoms with E-state index in [4.69, 9.17) is 0 Å². The summed E-state index contributed by atoms with van der Waals surface area (Å²) in [5.41, 5.74) is 0.0620. The van der Waals surface area contributed by atoms with Gasteiger partial charge in [0.25, 0.3) is 11.6 Å². The van der Waals surface area contributed by atoms with Crippen LogP contribution < -0.4 is 0 Å². The standard InChI is InChI=1S/C15H21N3O3/c1-12(2)11-16-7-9-17(10-8-16)15(19)13-5-3-4-6-14(13)18(20)21/h3-6,12H,7-11H2,1-2H3. The van der Waals surface area contributed by atoms with Crippen LogP contribution in [-0.2, 0) is 0 Å². The Morgan fingerprint density at radius 3 is 2.43 bits per heavy atom. The summed E-state index contributed by atoms with van der Waals surface area (Å²) in [4.78, 5) is 27.0. The van der Waals surface area contributed by atoms with Gasteiger partial charge in [-0.3, -0.25) is 19.8 Å². The zero-order chi connectivity index (χ0) is 15.4. The van der Waals surface area contributed by atoms with Crippen LogP contribution in [0, 0.1) is 16.0 Å². The van der Waals surface area contributed by atoms with E-state index in [1.807, 2.05) is 0 Å². The summed E-state index contributed by atoms with van der Waals surface area (Å²) in [6.45, 7) is 8.26. The van der Waals surface area contributed by atoms with Crippen molar-refractivity contribution in [2.24, 2.45) is 5.92 Å². The largest absolute Gasteiger partial charge is 0.336 e. The fourth-order valence-electron chi connectivity index (χ4n) is 2.63. The third kappa shape index (κ3) is 3.78. The van der Waals surface area contributed by atoms with Crippen LogP contribution in [0.5, 0.6) is 0 Å². The number of hydrogen-bond donors (Lipinski definition) is 0. The Hall–Kier alpha value is -1.95. The highest BCUT2D eigenvalue weighted by molar-refractivity contribution is 5.98. The second kappa shape index (κ2) is 6.67. The third-order valence-electron chi connectivity index (χ3n) is 3.61. The molecule has 6 nitrogen and oxygen atoms in total. The highest BCUT2D eigenvalue weighted by atomic mass is 16.6. The molecule has 1 fully saturated rings. The van der Waals surface area contributed by atoms with Gasteiger partial charge in [0.1, 0.15) is 5.56 Å². The summed E-state index contributed by atoms with van der Waals surface area (Å²) in [7, 11) is 0. The first-order chi connectivity index (χ1) is 9.99. The van der Waals surface area contributed by atoms with Gasteiger partial charge in [-0.2, -0.15) is 0 Å². The average Bonchev–Trinajstić information content (AvgIpc) is 2.46. The third-order valence-corrected chi connectivity index (χ3v) is 3.61. The van der Waals surface area contributed by atoms with Crippen LogP contribution in [0.15, 0.2) is 24.3 Å². The lowest BCUT2D eigenvalue weighted by Gasteiger charge is -2.35. The molecule has 0 spiro atoms. The molecule has 1 aromatic rings. The fourth-order valence-corrected chi connectivity index (χ4v) is 2.63. The number of carbonyl (C=O) groups is 1. The molecule has 2 rings (SSSR count). The van der Waals surface area contributed by atoms with E-state index in [1.54, 1.807) is 17.0 Å². The predicted octanol–water partition coefficient (Wildman–Crippen LogP) is 2.01. The molecule has 1 heterocycles. The van der Waals surface area contributed by atoms with Crippen molar-refractivity contribution in [2.45, 2.75) is 13.8 Å². The number of benzene rings is 1. The molecule has 114 valence electrons. The van der Waals surface area contributed by atoms with Crippen LogP contribution >= 0.6 is 0 Å². The SMILES string of the molecule is CC(C)CN1CCN(C(=O)c2ccccc2[N+](=O)[O-])CC1. The lowest BCUT2D eigenvalue weighted by atomic mass is 10.1. The highest BCUT2D eigenvalue weighted by Gasteiger charge is 2.27. The highest BCUT2D eigenvalue weighted by Crippen LogP contribution is 2.20. The van der Waals surface area contributed by atoms with E-state index in [1.165, 1.54) is 12.1 Å². The molecule has 0 saturated carbocycles. The van der Waals surface area contributed by atoms with E-state index in [0.29, 0.717) is 19.0 Å². The van der Waals surface area contributed by atoms with Crippen molar-refractivity contribution < 1.29 is 9.72 Å². The van der Waals surface area contributed by atoms with Crippen LogP contribution in [0.2, 0.25) is 0 Å². The van der Waals surface area contributed by atoms with Crippen molar-refractivity contribution in [3.8, 4) is 0 Å².